The molecule has 2 heteroatoms. The van der Waals surface area contributed by atoms with E-state index < -0.39 is 0 Å². The van der Waals surface area contributed by atoms with Crippen molar-refractivity contribution >= 4 is 11.0 Å². The van der Waals surface area contributed by atoms with E-state index in [4.69, 9.17) is 4.98 Å². The summed E-state index contributed by atoms with van der Waals surface area (Å²) in [6.45, 7) is 5.72. The van der Waals surface area contributed by atoms with Gasteiger partial charge in [-0.1, -0.05) is 135 Å². The first-order chi connectivity index (χ1) is 15.9. The fourth-order valence-corrected chi connectivity index (χ4v) is 4.92. The van der Waals surface area contributed by atoms with Gasteiger partial charge in [0, 0.05) is 13.0 Å². The van der Waals surface area contributed by atoms with E-state index >= 15 is 0 Å². The van der Waals surface area contributed by atoms with Gasteiger partial charge in [0.1, 0.15) is 5.82 Å². The highest BCUT2D eigenvalue weighted by atomic mass is 15.1. The summed E-state index contributed by atoms with van der Waals surface area (Å²) in [5.41, 5.74) is 2.51. The topological polar surface area (TPSA) is 17.8 Å². The molecule has 182 valence electrons. The summed E-state index contributed by atoms with van der Waals surface area (Å²) < 4.78 is 2.51. The fraction of sp³-hybridized carbons (Fsp3) is 0.767. The molecule has 0 amide bonds. The number of hydrogen-bond donors (Lipinski definition) is 0. The molecule has 2 nitrogen and oxygen atoms in total. The molecule has 1 heterocycles. The van der Waals surface area contributed by atoms with Crippen molar-refractivity contribution < 1.29 is 0 Å². The number of benzene rings is 1. The third-order valence-corrected chi connectivity index (χ3v) is 6.97. The molecule has 0 aliphatic rings. The Balaban J connectivity index is 1.49. The molecule has 0 fully saturated rings. The molecular formula is C30H52N2. The first kappa shape index (κ1) is 26.9. The Kier molecular flexibility index (Phi) is 15.3. The van der Waals surface area contributed by atoms with E-state index in [0.717, 1.165) is 13.0 Å². The number of aryl methyl sites for hydroxylation is 2. The lowest BCUT2D eigenvalue weighted by atomic mass is 10.0. The SMILES string of the molecule is CCCCCCCCCCCCCCCCCCn1c(CCCCC)nc2ccccc21. The van der Waals surface area contributed by atoms with Gasteiger partial charge >= 0.3 is 0 Å². The maximum atomic E-state index is 4.94. The fourth-order valence-electron chi connectivity index (χ4n) is 4.92. The summed E-state index contributed by atoms with van der Waals surface area (Å²) in [5.74, 6) is 1.31. The largest absolute Gasteiger partial charge is 0.328 e. The molecule has 0 aliphatic carbocycles. The van der Waals surface area contributed by atoms with Crippen molar-refractivity contribution in [3.05, 3.63) is 30.1 Å². The number of para-hydroxylation sites is 2. The average molecular weight is 441 g/mol. The Morgan fingerprint density at radius 1 is 0.562 bits per heavy atom. The number of fused-ring (bicyclic) bond motifs is 1. The normalized spacial score (nSPS) is 11.6. The van der Waals surface area contributed by atoms with Crippen LogP contribution >= 0.6 is 0 Å². The van der Waals surface area contributed by atoms with Gasteiger partial charge in [-0.15, -0.1) is 0 Å². The first-order valence-corrected chi connectivity index (χ1v) is 14.3. The highest BCUT2D eigenvalue weighted by Gasteiger charge is 2.09. The second-order valence-electron chi connectivity index (χ2n) is 9.93. The van der Waals surface area contributed by atoms with Crippen LogP contribution in [-0.2, 0) is 13.0 Å². The van der Waals surface area contributed by atoms with Gasteiger partial charge in [0.2, 0.25) is 0 Å². The summed E-state index contributed by atoms with van der Waals surface area (Å²) in [6, 6.07) is 8.69. The smallest absolute Gasteiger partial charge is 0.109 e. The third kappa shape index (κ3) is 11.0. The van der Waals surface area contributed by atoms with Crippen LogP contribution in [0.5, 0.6) is 0 Å². The van der Waals surface area contributed by atoms with Gasteiger partial charge in [0.15, 0.2) is 0 Å². The molecule has 0 atom stereocenters. The maximum Gasteiger partial charge on any atom is 0.109 e. The molecule has 0 saturated carbocycles. The van der Waals surface area contributed by atoms with E-state index in [9.17, 15) is 0 Å². The predicted molar refractivity (Wildman–Crippen MR) is 143 cm³/mol. The summed E-state index contributed by atoms with van der Waals surface area (Å²) >= 11 is 0. The van der Waals surface area contributed by atoms with Crippen LogP contribution in [-0.4, -0.2) is 9.55 Å². The minimum Gasteiger partial charge on any atom is -0.328 e. The molecule has 1 aromatic heterocycles. The summed E-state index contributed by atoms with van der Waals surface area (Å²) in [5, 5.41) is 0. The molecule has 0 unspecified atom stereocenters. The lowest BCUT2D eigenvalue weighted by Gasteiger charge is -2.09. The molecule has 32 heavy (non-hydrogen) atoms. The van der Waals surface area contributed by atoms with Crippen LogP contribution in [0.25, 0.3) is 11.0 Å². The zero-order valence-electron chi connectivity index (χ0n) is 21.6. The Hall–Kier alpha value is -1.31. The van der Waals surface area contributed by atoms with Gasteiger partial charge in [-0.25, -0.2) is 4.98 Å². The maximum absolute atomic E-state index is 4.94. The van der Waals surface area contributed by atoms with Crippen molar-refractivity contribution in [2.24, 2.45) is 0 Å². The van der Waals surface area contributed by atoms with Gasteiger partial charge in [0.05, 0.1) is 11.0 Å². The standard InChI is InChI=1S/C30H52N2/c1-3-5-7-8-9-10-11-12-13-14-15-16-17-18-19-23-27-32-29-25-22-21-24-28(29)31-30(32)26-20-6-4-2/h21-22,24-25H,3-20,23,26-27H2,1-2H3. The van der Waals surface area contributed by atoms with Crippen molar-refractivity contribution in [1.82, 2.24) is 9.55 Å². The zero-order valence-corrected chi connectivity index (χ0v) is 21.6. The second-order valence-corrected chi connectivity index (χ2v) is 9.93. The van der Waals surface area contributed by atoms with Gasteiger partial charge in [-0.2, -0.15) is 0 Å². The van der Waals surface area contributed by atoms with E-state index in [1.54, 1.807) is 0 Å². The lowest BCUT2D eigenvalue weighted by Crippen LogP contribution is -2.04. The van der Waals surface area contributed by atoms with Gasteiger partial charge < -0.3 is 4.57 Å². The van der Waals surface area contributed by atoms with Crippen LogP contribution in [0.1, 0.15) is 142 Å². The van der Waals surface area contributed by atoms with Crippen LogP contribution in [0.15, 0.2) is 24.3 Å². The van der Waals surface area contributed by atoms with Crippen LogP contribution in [0.3, 0.4) is 0 Å². The van der Waals surface area contributed by atoms with Crippen molar-refractivity contribution in [3.63, 3.8) is 0 Å². The number of unbranched alkanes of at least 4 members (excludes halogenated alkanes) is 17. The summed E-state index contributed by atoms with van der Waals surface area (Å²) in [7, 11) is 0. The predicted octanol–water partition coefficient (Wildman–Crippen LogP) is 10.0. The third-order valence-electron chi connectivity index (χ3n) is 6.97. The molecule has 0 N–H and O–H groups in total. The Morgan fingerprint density at radius 2 is 1.03 bits per heavy atom. The van der Waals surface area contributed by atoms with Crippen molar-refractivity contribution in [1.29, 1.82) is 0 Å². The van der Waals surface area contributed by atoms with Crippen LogP contribution in [0, 0.1) is 0 Å². The minimum atomic E-state index is 1.13. The van der Waals surface area contributed by atoms with E-state index in [-0.39, 0.29) is 0 Å². The minimum absolute atomic E-state index is 1.13. The number of nitrogens with zero attached hydrogens (tertiary/aromatic N) is 2. The lowest BCUT2D eigenvalue weighted by molar-refractivity contribution is 0.518. The van der Waals surface area contributed by atoms with Crippen molar-refractivity contribution in [3.8, 4) is 0 Å². The molecular weight excluding hydrogens is 388 g/mol. The quantitative estimate of drug-likeness (QED) is 0.176. The van der Waals surface area contributed by atoms with Gasteiger partial charge in [-0.05, 0) is 25.0 Å². The Labute approximate surface area is 199 Å². The molecule has 2 rings (SSSR count). The monoisotopic (exact) mass is 440 g/mol. The van der Waals surface area contributed by atoms with Crippen molar-refractivity contribution in [2.75, 3.05) is 0 Å². The number of aromatic nitrogens is 2. The zero-order chi connectivity index (χ0) is 22.7. The number of imidazole rings is 1. The van der Waals surface area contributed by atoms with Gasteiger partial charge in [0.25, 0.3) is 0 Å². The average Bonchev–Trinajstić information content (AvgIpc) is 3.16. The van der Waals surface area contributed by atoms with E-state index in [2.05, 4.69) is 42.7 Å². The van der Waals surface area contributed by atoms with Gasteiger partial charge in [-0.3, -0.25) is 0 Å². The Bertz CT molecular complexity index is 687. The second kappa shape index (κ2) is 18.2. The molecule has 0 saturated heterocycles. The molecule has 0 bridgehead atoms. The van der Waals surface area contributed by atoms with Crippen LogP contribution < -0.4 is 0 Å². The summed E-state index contributed by atoms with van der Waals surface area (Å²) in [6.07, 6.45) is 27.8. The number of hydrogen-bond acceptors (Lipinski definition) is 1. The molecule has 0 spiro atoms. The molecule has 0 radical (unpaired) electrons. The highest BCUT2D eigenvalue weighted by molar-refractivity contribution is 5.75. The summed E-state index contributed by atoms with van der Waals surface area (Å²) in [4.78, 5) is 4.94. The van der Waals surface area contributed by atoms with E-state index in [1.807, 2.05) is 0 Å². The Morgan fingerprint density at radius 3 is 1.59 bits per heavy atom. The van der Waals surface area contributed by atoms with Crippen LogP contribution in [0.4, 0.5) is 0 Å². The van der Waals surface area contributed by atoms with Crippen LogP contribution in [0.2, 0.25) is 0 Å². The first-order valence-electron chi connectivity index (χ1n) is 14.3. The molecule has 0 aliphatic heterocycles. The number of rotatable bonds is 21. The van der Waals surface area contributed by atoms with Crippen molar-refractivity contribution in [2.45, 2.75) is 149 Å². The highest BCUT2D eigenvalue weighted by Crippen LogP contribution is 2.20. The molecule has 1 aromatic carbocycles. The van der Waals surface area contributed by atoms with E-state index in [1.165, 1.54) is 139 Å². The van der Waals surface area contributed by atoms with E-state index in [0.29, 0.717) is 0 Å². The molecule has 2 aromatic rings.